The van der Waals surface area contributed by atoms with E-state index in [9.17, 15) is 19.4 Å². The predicted molar refractivity (Wildman–Crippen MR) is 99.3 cm³/mol. The maximum absolute atomic E-state index is 13.2. The fourth-order valence-electron chi connectivity index (χ4n) is 3.50. The molecule has 0 radical (unpaired) electrons. The second kappa shape index (κ2) is 7.48. The molecule has 3 rings (SSSR count). The van der Waals surface area contributed by atoms with Crippen molar-refractivity contribution in [3.8, 4) is 0 Å². The Balaban J connectivity index is 1.94. The van der Waals surface area contributed by atoms with E-state index in [-0.39, 0.29) is 25.2 Å². The summed E-state index contributed by atoms with van der Waals surface area (Å²) in [5, 5.41) is 23.5. The molecule has 0 bridgehead atoms. The summed E-state index contributed by atoms with van der Waals surface area (Å²) < 4.78 is 13.2. The Hall–Kier alpha value is -2.74. The molecule has 0 spiro atoms. The molecule has 2 aromatic rings. The van der Waals surface area contributed by atoms with Gasteiger partial charge in [-0.2, -0.15) is 4.98 Å². The molecule has 0 amide bonds. The maximum Gasteiger partial charge on any atom is 0.314 e. The molecule has 0 saturated carbocycles. The molecule has 0 unspecified atom stereocenters. The lowest BCUT2D eigenvalue weighted by Crippen LogP contribution is -2.57. The number of hydrogen-bond acceptors (Lipinski definition) is 6. The highest BCUT2D eigenvalue weighted by Crippen LogP contribution is 2.36. The Bertz CT molecular complexity index is 830. The van der Waals surface area contributed by atoms with Crippen LogP contribution in [-0.4, -0.2) is 52.4 Å². The first-order valence-electron chi connectivity index (χ1n) is 8.78. The zero-order valence-electron chi connectivity index (χ0n) is 15.3. The summed E-state index contributed by atoms with van der Waals surface area (Å²) in [6, 6.07) is 7.48. The summed E-state index contributed by atoms with van der Waals surface area (Å²) in [4.78, 5) is 22.8. The van der Waals surface area contributed by atoms with Gasteiger partial charge in [-0.3, -0.25) is 4.79 Å². The zero-order chi connectivity index (χ0) is 19.6. The summed E-state index contributed by atoms with van der Waals surface area (Å²) in [6.45, 7) is 2.35. The second-order valence-electron chi connectivity index (χ2n) is 6.94. The van der Waals surface area contributed by atoms with E-state index >= 15 is 0 Å². The number of carboxylic acid groups (broad SMARTS) is 1. The third kappa shape index (κ3) is 3.85. The molecule has 27 heavy (non-hydrogen) atoms. The number of aliphatic hydroxyl groups excluding tert-OH is 1. The highest BCUT2D eigenvalue weighted by Gasteiger charge is 2.49. The molecule has 1 aliphatic rings. The third-order valence-corrected chi connectivity index (χ3v) is 5.02. The molecule has 1 aromatic carbocycles. The quantitative estimate of drug-likeness (QED) is 0.735. The molecular formula is C19H23FN4O3. The number of nitrogens with zero attached hydrogens (tertiary/aromatic N) is 3. The van der Waals surface area contributed by atoms with Crippen LogP contribution in [0.1, 0.15) is 17.7 Å². The van der Waals surface area contributed by atoms with E-state index in [2.05, 4.69) is 15.3 Å². The van der Waals surface area contributed by atoms with Crippen LogP contribution in [0.5, 0.6) is 0 Å². The molecule has 2 heterocycles. The van der Waals surface area contributed by atoms with Gasteiger partial charge in [0.2, 0.25) is 5.95 Å². The number of piperidine rings is 1. The lowest BCUT2D eigenvalue weighted by Gasteiger charge is -2.43. The van der Waals surface area contributed by atoms with Crippen molar-refractivity contribution < 1.29 is 19.4 Å². The molecule has 1 aromatic heterocycles. The number of carboxylic acids is 1. The first-order chi connectivity index (χ1) is 12.8. The predicted octanol–water partition coefficient (Wildman–Crippen LogP) is 1.85. The number of aliphatic carboxylic acids is 1. The van der Waals surface area contributed by atoms with Crippen molar-refractivity contribution in [1.29, 1.82) is 0 Å². The molecule has 144 valence electrons. The van der Waals surface area contributed by atoms with E-state index in [1.54, 1.807) is 30.1 Å². The Morgan fingerprint density at radius 2 is 2.07 bits per heavy atom. The van der Waals surface area contributed by atoms with Crippen LogP contribution >= 0.6 is 0 Å². The fraction of sp³-hybridized carbons (Fsp3) is 0.421. The maximum atomic E-state index is 13.2. The molecule has 3 N–H and O–H groups in total. The molecular weight excluding hydrogens is 351 g/mol. The van der Waals surface area contributed by atoms with E-state index in [0.29, 0.717) is 23.9 Å². The van der Waals surface area contributed by atoms with Gasteiger partial charge in [0.15, 0.2) is 0 Å². The van der Waals surface area contributed by atoms with E-state index in [1.165, 1.54) is 12.1 Å². The molecule has 1 fully saturated rings. The van der Waals surface area contributed by atoms with Gasteiger partial charge in [0.25, 0.3) is 0 Å². The highest BCUT2D eigenvalue weighted by atomic mass is 19.1. The Labute approximate surface area is 156 Å². The summed E-state index contributed by atoms with van der Waals surface area (Å²) in [5.41, 5.74) is -0.0149. The van der Waals surface area contributed by atoms with Gasteiger partial charge in [-0.15, -0.1) is 0 Å². The number of rotatable bonds is 5. The van der Waals surface area contributed by atoms with Crippen molar-refractivity contribution in [3.63, 3.8) is 0 Å². The van der Waals surface area contributed by atoms with Gasteiger partial charge >= 0.3 is 5.97 Å². The smallest absolute Gasteiger partial charge is 0.314 e. The second-order valence-corrected chi connectivity index (χ2v) is 6.94. The number of halogens is 1. The van der Waals surface area contributed by atoms with Crippen LogP contribution in [0.4, 0.5) is 16.2 Å². The van der Waals surface area contributed by atoms with Gasteiger partial charge < -0.3 is 20.4 Å². The van der Waals surface area contributed by atoms with Crippen molar-refractivity contribution >= 4 is 17.7 Å². The van der Waals surface area contributed by atoms with Crippen molar-refractivity contribution in [2.24, 2.45) is 5.41 Å². The van der Waals surface area contributed by atoms with Crippen LogP contribution in [0.25, 0.3) is 0 Å². The first-order valence-corrected chi connectivity index (χ1v) is 8.78. The average molecular weight is 374 g/mol. The minimum absolute atomic E-state index is 0.0630. The normalized spacial score (nSPS) is 22.5. The summed E-state index contributed by atoms with van der Waals surface area (Å²) >= 11 is 0. The van der Waals surface area contributed by atoms with Crippen molar-refractivity contribution in [3.05, 3.63) is 47.4 Å². The molecule has 0 aliphatic carbocycles. The molecule has 1 aliphatic heterocycles. The van der Waals surface area contributed by atoms with Gasteiger partial charge in [0.1, 0.15) is 17.1 Å². The van der Waals surface area contributed by atoms with Gasteiger partial charge in [-0.05, 0) is 37.5 Å². The Morgan fingerprint density at radius 1 is 1.37 bits per heavy atom. The molecule has 2 atom stereocenters. The van der Waals surface area contributed by atoms with Crippen LogP contribution in [0.2, 0.25) is 0 Å². The number of hydrogen-bond donors (Lipinski definition) is 3. The van der Waals surface area contributed by atoms with Gasteiger partial charge in [0, 0.05) is 31.9 Å². The lowest BCUT2D eigenvalue weighted by molar-refractivity contribution is -0.157. The fourth-order valence-corrected chi connectivity index (χ4v) is 3.50. The number of nitrogens with one attached hydrogen (secondary N) is 1. The van der Waals surface area contributed by atoms with Crippen LogP contribution in [-0.2, 0) is 11.2 Å². The van der Waals surface area contributed by atoms with Crippen LogP contribution in [0.15, 0.2) is 30.3 Å². The van der Waals surface area contributed by atoms with Gasteiger partial charge in [0.05, 0.1) is 6.10 Å². The number of anilines is 2. The van der Waals surface area contributed by atoms with E-state index in [4.69, 9.17) is 0 Å². The first kappa shape index (κ1) is 19.0. The topological polar surface area (TPSA) is 98.6 Å². The zero-order valence-corrected chi connectivity index (χ0v) is 15.3. The van der Waals surface area contributed by atoms with Gasteiger partial charge in [-0.1, -0.05) is 12.1 Å². The monoisotopic (exact) mass is 374 g/mol. The van der Waals surface area contributed by atoms with Crippen LogP contribution in [0.3, 0.4) is 0 Å². The Morgan fingerprint density at radius 3 is 2.70 bits per heavy atom. The number of aliphatic hydroxyl groups is 1. The summed E-state index contributed by atoms with van der Waals surface area (Å²) in [6.07, 6.45) is -0.658. The number of benzene rings is 1. The van der Waals surface area contributed by atoms with Crippen molar-refractivity contribution in [2.75, 3.05) is 30.4 Å². The van der Waals surface area contributed by atoms with E-state index in [0.717, 1.165) is 5.69 Å². The summed E-state index contributed by atoms with van der Waals surface area (Å²) in [5.74, 6) is -0.411. The SMILES string of the molecule is CNc1cc(C)nc(N2CC[C@@H](O)[C@](Cc3ccc(F)cc3)(C(=O)O)C2)n1. The lowest BCUT2D eigenvalue weighted by atomic mass is 9.73. The molecule has 8 heteroatoms. The molecule has 7 nitrogen and oxygen atoms in total. The number of carbonyl (C=O) groups is 1. The van der Waals surface area contributed by atoms with Crippen molar-refractivity contribution in [2.45, 2.75) is 25.9 Å². The standard InChI is InChI=1S/C19H23FN4O3/c1-12-9-16(21-2)23-18(22-12)24-8-7-15(25)19(11-24,17(26)27)10-13-3-5-14(20)6-4-13/h3-6,9,15,25H,7-8,10-11H2,1-2H3,(H,26,27)(H,21,22,23)/t15-,19-/m1/s1. The van der Waals surface area contributed by atoms with Crippen LogP contribution in [0, 0.1) is 18.2 Å². The number of aryl methyl sites for hydroxylation is 1. The van der Waals surface area contributed by atoms with Gasteiger partial charge in [-0.25, -0.2) is 9.37 Å². The highest BCUT2D eigenvalue weighted by molar-refractivity contribution is 5.77. The minimum atomic E-state index is -1.43. The summed E-state index contributed by atoms with van der Waals surface area (Å²) in [7, 11) is 1.75. The van der Waals surface area contributed by atoms with Crippen molar-refractivity contribution in [1.82, 2.24) is 9.97 Å². The van der Waals surface area contributed by atoms with E-state index < -0.39 is 17.5 Å². The Kier molecular flexibility index (Phi) is 5.27. The van der Waals surface area contributed by atoms with Crippen LogP contribution < -0.4 is 10.2 Å². The molecule has 1 saturated heterocycles. The average Bonchev–Trinajstić information content (AvgIpc) is 2.64. The largest absolute Gasteiger partial charge is 0.481 e. The third-order valence-electron chi connectivity index (χ3n) is 5.02. The number of aromatic nitrogens is 2. The van der Waals surface area contributed by atoms with E-state index in [1.807, 2.05) is 6.92 Å². The minimum Gasteiger partial charge on any atom is -0.481 e.